The highest BCUT2D eigenvalue weighted by Gasteiger charge is 2.23. The Morgan fingerprint density at radius 3 is 2.36 bits per heavy atom. The smallest absolute Gasteiger partial charge is 0.326 e. The Labute approximate surface area is 128 Å². The van der Waals surface area contributed by atoms with Crippen LogP contribution in [0.25, 0.3) is 0 Å². The van der Waals surface area contributed by atoms with Gasteiger partial charge in [0.15, 0.2) is 0 Å². The molecule has 1 aromatic carbocycles. The van der Waals surface area contributed by atoms with E-state index in [1.54, 1.807) is 0 Å². The van der Waals surface area contributed by atoms with Crippen molar-refractivity contribution in [3.05, 3.63) is 35.4 Å². The maximum absolute atomic E-state index is 12.2. The van der Waals surface area contributed by atoms with E-state index in [-0.39, 0.29) is 6.42 Å². The summed E-state index contributed by atoms with van der Waals surface area (Å²) >= 11 is 0. The highest BCUT2D eigenvalue weighted by atomic mass is 19.3. The molecule has 0 heterocycles. The van der Waals surface area contributed by atoms with Crippen molar-refractivity contribution in [1.29, 1.82) is 0 Å². The average Bonchev–Trinajstić information content (AvgIpc) is 2.44. The summed E-state index contributed by atoms with van der Waals surface area (Å²) in [6.07, 6.45) is -1.30. The van der Waals surface area contributed by atoms with Crippen molar-refractivity contribution in [2.75, 3.05) is 0 Å². The van der Waals surface area contributed by atoms with Crippen molar-refractivity contribution in [3.63, 3.8) is 0 Å². The molecule has 0 saturated carbocycles. The van der Waals surface area contributed by atoms with Gasteiger partial charge in [-0.05, 0) is 31.7 Å². The molecule has 1 rings (SSSR count). The number of carbonyl (C=O) groups excluding carboxylic acids is 1. The molecule has 4 nitrogen and oxygen atoms in total. The van der Waals surface area contributed by atoms with Crippen LogP contribution in [0.3, 0.4) is 0 Å². The maximum atomic E-state index is 12.2. The molecular formula is C16H21F2NO3. The van der Waals surface area contributed by atoms with Gasteiger partial charge in [0, 0.05) is 12.8 Å². The third-order valence-corrected chi connectivity index (χ3v) is 3.29. The van der Waals surface area contributed by atoms with Gasteiger partial charge in [0.1, 0.15) is 6.04 Å². The lowest BCUT2D eigenvalue weighted by Crippen LogP contribution is -2.41. The molecule has 0 aliphatic carbocycles. The normalized spacial score (nSPS) is 12.2. The number of carboxylic acid groups (broad SMARTS) is 1. The molecule has 1 amide bonds. The quantitative estimate of drug-likeness (QED) is 0.689. The first-order valence-corrected chi connectivity index (χ1v) is 7.24. The van der Waals surface area contributed by atoms with Gasteiger partial charge >= 0.3 is 5.97 Å². The number of nitrogens with one attached hydrogen (secondary N) is 1. The summed E-state index contributed by atoms with van der Waals surface area (Å²) in [4.78, 5) is 22.3. The number of aryl methyl sites for hydroxylation is 2. The standard InChI is InChI=1S/C16H21F2NO3/c1-11-6-8-12(9-7-11)4-2-3-5-15(20)19-13(16(21)22)10-14(17)18/h6-9,13-14H,2-5,10H2,1H3,(H,19,20)(H,21,22). The van der Waals surface area contributed by atoms with E-state index in [1.807, 2.05) is 31.2 Å². The number of hydrogen-bond donors (Lipinski definition) is 2. The van der Waals surface area contributed by atoms with Crippen LogP contribution in [0.1, 0.15) is 36.8 Å². The van der Waals surface area contributed by atoms with E-state index < -0.39 is 30.8 Å². The van der Waals surface area contributed by atoms with Crippen molar-refractivity contribution in [2.45, 2.75) is 51.5 Å². The van der Waals surface area contributed by atoms with Crippen LogP contribution >= 0.6 is 0 Å². The minimum absolute atomic E-state index is 0.138. The Kier molecular flexibility index (Phi) is 7.49. The van der Waals surface area contributed by atoms with Gasteiger partial charge in [0.05, 0.1) is 0 Å². The largest absolute Gasteiger partial charge is 0.480 e. The second-order valence-corrected chi connectivity index (χ2v) is 5.28. The minimum Gasteiger partial charge on any atom is -0.480 e. The summed E-state index contributed by atoms with van der Waals surface area (Å²) in [5.74, 6) is -1.94. The summed E-state index contributed by atoms with van der Waals surface area (Å²) in [7, 11) is 0. The summed E-state index contributed by atoms with van der Waals surface area (Å²) in [5.41, 5.74) is 2.36. The van der Waals surface area contributed by atoms with E-state index in [0.717, 1.165) is 12.8 Å². The SMILES string of the molecule is Cc1ccc(CCCCC(=O)NC(CC(F)F)C(=O)O)cc1. The first-order chi connectivity index (χ1) is 10.4. The van der Waals surface area contributed by atoms with Gasteiger partial charge in [-0.3, -0.25) is 4.79 Å². The molecule has 22 heavy (non-hydrogen) atoms. The average molecular weight is 313 g/mol. The number of amides is 1. The molecule has 122 valence electrons. The van der Waals surface area contributed by atoms with Crippen molar-refractivity contribution >= 4 is 11.9 Å². The Balaban J connectivity index is 2.27. The van der Waals surface area contributed by atoms with E-state index in [4.69, 9.17) is 5.11 Å². The Bertz CT molecular complexity index is 489. The molecule has 0 aromatic heterocycles. The lowest BCUT2D eigenvalue weighted by Gasteiger charge is -2.13. The molecule has 1 aromatic rings. The van der Waals surface area contributed by atoms with Crippen LogP contribution < -0.4 is 5.32 Å². The number of benzene rings is 1. The highest BCUT2D eigenvalue weighted by molar-refractivity contribution is 5.83. The van der Waals surface area contributed by atoms with E-state index in [0.29, 0.717) is 6.42 Å². The fraction of sp³-hybridized carbons (Fsp3) is 0.500. The number of aliphatic carboxylic acids is 1. The lowest BCUT2D eigenvalue weighted by atomic mass is 10.1. The molecule has 0 spiro atoms. The van der Waals surface area contributed by atoms with Crippen molar-refractivity contribution in [1.82, 2.24) is 5.32 Å². The van der Waals surface area contributed by atoms with Crippen molar-refractivity contribution in [2.24, 2.45) is 0 Å². The zero-order valence-electron chi connectivity index (χ0n) is 12.5. The molecule has 0 aliphatic rings. The summed E-state index contributed by atoms with van der Waals surface area (Å²) in [6.45, 7) is 2.01. The number of hydrogen-bond acceptors (Lipinski definition) is 2. The molecule has 0 bridgehead atoms. The minimum atomic E-state index is -2.76. The van der Waals surface area contributed by atoms with Crippen LogP contribution in [-0.2, 0) is 16.0 Å². The van der Waals surface area contributed by atoms with Gasteiger partial charge in [-0.1, -0.05) is 29.8 Å². The molecule has 1 unspecified atom stereocenters. The van der Waals surface area contributed by atoms with E-state index in [9.17, 15) is 18.4 Å². The Hall–Kier alpha value is -1.98. The molecule has 2 N–H and O–H groups in total. The third-order valence-electron chi connectivity index (χ3n) is 3.29. The predicted octanol–water partition coefficient (Wildman–Crippen LogP) is 2.93. The number of halogens is 2. The van der Waals surface area contributed by atoms with Crippen molar-refractivity contribution in [3.8, 4) is 0 Å². The number of unbranched alkanes of at least 4 members (excludes halogenated alkanes) is 1. The molecule has 0 fully saturated rings. The van der Waals surface area contributed by atoms with Crippen LogP contribution in [0.5, 0.6) is 0 Å². The van der Waals surface area contributed by atoms with Gasteiger partial charge in [-0.15, -0.1) is 0 Å². The third kappa shape index (κ3) is 7.15. The maximum Gasteiger partial charge on any atom is 0.326 e. The highest BCUT2D eigenvalue weighted by Crippen LogP contribution is 2.09. The summed E-state index contributed by atoms with van der Waals surface area (Å²) in [6, 6.07) is 6.56. The molecule has 0 aliphatic heterocycles. The lowest BCUT2D eigenvalue weighted by molar-refractivity contribution is -0.143. The van der Waals surface area contributed by atoms with Crippen LogP contribution in [0.15, 0.2) is 24.3 Å². The van der Waals surface area contributed by atoms with Gasteiger partial charge in [0.25, 0.3) is 0 Å². The van der Waals surface area contributed by atoms with E-state index in [2.05, 4.69) is 5.32 Å². The molecular weight excluding hydrogens is 292 g/mol. The fourth-order valence-electron chi connectivity index (χ4n) is 2.04. The topological polar surface area (TPSA) is 66.4 Å². The summed E-state index contributed by atoms with van der Waals surface area (Å²) in [5, 5.41) is 10.9. The summed E-state index contributed by atoms with van der Waals surface area (Å²) < 4.78 is 24.4. The van der Waals surface area contributed by atoms with E-state index in [1.165, 1.54) is 11.1 Å². The van der Waals surface area contributed by atoms with Crippen LogP contribution in [-0.4, -0.2) is 29.5 Å². The Morgan fingerprint density at radius 2 is 1.82 bits per heavy atom. The number of rotatable bonds is 9. The van der Waals surface area contributed by atoms with Crippen LogP contribution in [0.2, 0.25) is 0 Å². The number of carboxylic acids is 1. The van der Waals surface area contributed by atoms with E-state index >= 15 is 0 Å². The monoisotopic (exact) mass is 313 g/mol. The fourth-order valence-corrected chi connectivity index (χ4v) is 2.04. The van der Waals surface area contributed by atoms with Gasteiger partial charge in [-0.25, -0.2) is 13.6 Å². The second kappa shape index (κ2) is 9.12. The zero-order valence-corrected chi connectivity index (χ0v) is 12.5. The number of carbonyl (C=O) groups is 2. The van der Waals surface area contributed by atoms with Crippen molar-refractivity contribution < 1.29 is 23.5 Å². The van der Waals surface area contributed by atoms with Gasteiger partial charge in [-0.2, -0.15) is 0 Å². The second-order valence-electron chi connectivity index (χ2n) is 5.28. The molecule has 0 radical (unpaired) electrons. The van der Waals surface area contributed by atoms with Gasteiger partial charge < -0.3 is 10.4 Å². The first-order valence-electron chi connectivity index (χ1n) is 7.24. The van der Waals surface area contributed by atoms with Crippen LogP contribution in [0.4, 0.5) is 8.78 Å². The first kappa shape index (κ1) is 18.1. The van der Waals surface area contributed by atoms with Crippen LogP contribution in [0, 0.1) is 6.92 Å². The Morgan fingerprint density at radius 1 is 1.18 bits per heavy atom. The number of alkyl halides is 2. The van der Waals surface area contributed by atoms with Gasteiger partial charge in [0.2, 0.25) is 12.3 Å². The molecule has 0 saturated heterocycles. The molecule has 1 atom stereocenters. The predicted molar refractivity (Wildman–Crippen MR) is 78.9 cm³/mol. The molecule has 6 heteroatoms. The zero-order chi connectivity index (χ0) is 16.5.